The molecule has 0 bridgehead atoms. The summed E-state index contributed by atoms with van der Waals surface area (Å²) in [5, 5.41) is 17.6. The lowest BCUT2D eigenvalue weighted by atomic mass is 9.87. The molecular weight excluding hydrogens is 582 g/mol. The molecule has 1 aliphatic carbocycles. The number of carboxylic acids is 1. The van der Waals surface area contributed by atoms with E-state index in [9.17, 15) is 9.90 Å². The van der Waals surface area contributed by atoms with Gasteiger partial charge in [0.2, 0.25) is 0 Å². The van der Waals surface area contributed by atoms with E-state index < -0.39 is 12.1 Å². The number of hydrogen-bond donors (Lipinski definition) is 3. The normalized spacial score (nSPS) is 19.5. The maximum absolute atomic E-state index is 11.9. The van der Waals surface area contributed by atoms with E-state index in [1.54, 1.807) is 0 Å². The molecule has 43 heavy (non-hydrogen) atoms. The number of carboxylic acid groups (broad SMARTS) is 1. The second kappa shape index (κ2) is 14.0. The summed E-state index contributed by atoms with van der Waals surface area (Å²) in [5.74, 6) is 1.58. The third-order valence-electron chi connectivity index (χ3n) is 8.24. The van der Waals surface area contributed by atoms with Crippen LogP contribution >= 0.6 is 24.6 Å². The van der Waals surface area contributed by atoms with Gasteiger partial charge in [0.1, 0.15) is 18.1 Å². The molecule has 2 unspecified atom stereocenters. The molecule has 9 heteroatoms. The van der Waals surface area contributed by atoms with Crippen LogP contribution in [0.3, 0.4) is 0 Å². The van der Waals surface area contributed by atoms with Crippen LogP contribution in [0.25, 0.3) is 0 Å². The lowest BCUT2D eigenvalue weighted by Gasteiger charge is -2.24. The monoisotopic (exact) mass is 623 g/mol. The Hall–Kier alpha value is -3.33. The summed E-state index contributed by atoms with van der Waals surface area (Å²) in [7, 11) is 0. The molecule has 0 spiro atoms. The van der Waals surface area contributed by atoms with Gasteiger partial charge in [0, 0.05) is 37.8 Å². The average Bonchev–Trinajstić information content (AvgIpc) is 3.39. The van der Waals surface area contributed by atoms with Gasteiger partial charge in [0.15, 0.2) is 11.2 Å². The predicted molar refractivity (Wildman–Crippen MR) is 178 cm³/mol. The van der Waals surface area contributed by atoms with E-state index in [1.165, 1.54) is 11.1 Å². The molecule has 2 fully saturated rings. The molecule has 3 N–H and O–H groups in total. The molecule has 1 aliphatic heterocycles. The second-order valence-corrected chi connectivity index (χ2v) is 12.8. The number of anilines is 1. The van der Waals surface area contributed by atoms with Crippen molar-refractivity contribution < 1.29 is 19.4 Å². The topological polar surface area (TPSA) is 83.1 Å². The van der Waals surface area contributed by atoms with Gasteiger partial charge in [-0.3, -0.25) is 0 Å². The number of aryl methyl sites for hydroxylation is 1. The van der Waals surface area contributed by atoms with Crippen molar-refractivity contribution in [3.8, 4) is 11.5 Å². The Labute approximate surface area is 266 Å². The third-order valence-corrected chi connectivity index (χ3v) is 8.60. The number of ether oxygens (including phenoxy) is 2. The Kier molecular flexibility index (Phi) is 10.6. The minimum absolute atomic E-state index is 0. The van der Waals surface area contributed by atoms with E-state index in [4.69, 9.17) is 21.7 Å². The zero-order valence-electron chi connectivity index (χ0n) is 25.2. The fraction of sp³-hybridized carbons (Fsp3) is 0.412. The minimum Gasteiger partial charge on any atom is -0.492 e. The first-order valence-electron chi connectivity index (χ1n) is 14.6. The van der Waals surface area contributed by atoms with Gasteiger partial charge in [-0.1, -0.05) is 63.2 Å². The zero-order valence-corrected chi connectivity index (χ0v) is 26.8. The number of aliphatic carboxylic acids is 1. The van der Waals surface area contributed by atoms with Gasteiger partial charge in [-0.15, -0.1) is 12.4 Å². The molecule has 4 atom stereocenters. The molecule has 0 amide bonds. The van der Waals surface area contributed by atoms with Gasteiger partial charge in [-0.25, -0.2) is 4.79 Å². The van der Waals surface area contributed by atoms with Crippen molar-refractivity contribution in [3.63, 3.8) is 0 Å². The molecule has 1 saturated heterocycles. The van der Waals surface area contributed by atoms with Gasteiger partial charge < -0.3 is 30.1 Å². The highest BCUT2D eigenvalue weighted by Crippen LogP contribution is 2.45. The number of nitrogens with zero attached hydrogens (tertiary/aromatic N) is 1. The van der Waals surface area contributed by atoms with Crippen LogP contribution in [-0.4, -0.2) is 59.5 Å². The van der Waals surface area contributed by atoms with Gasteiger partial charge in [0.05, 0.1) is 0 Å². The molecule has 2 aliphatic rings. The van der Waals surface area contributed by atoms with E-state index >= 15 is 0 Å². The lowest BCUT2D eigenvalue weighted by Crippen LogP contribution is -2.38. The highest BCUT2D eigenvalue weighted by molar-refractivity contribution is 7.80. The van der Waals surface area contributed by atoms with Gasteiger partial charge in [-0.2, -0.15) is 0 Å². The first-order valence-corrected chi connectivity index (χ1v) is 15.1. The molecule has 0 aromatic heterocycles. The van der Waals surface area contributed by atoms with E-state index in [0.29, 0.717) is 30.2 Å². The van der Waals surface area contributed by atoms with E-state index in [-0.39, 0.29) is 24.2 Å². The van der Waals surface area contributed by atoms with Crippen LogP contribution in [0.1, 0.15) is 37.5 Å². The summed E-state index contributed by atoms with van der Waals surface area (Å²) >= 11 is 5.66. The summed E-state index contributed by atoms with van der Waals surface area (Å²) < 4.78 is 11.7. The number of piperidine rings is 1. The first-order chi connectivity index (χ1) is 20.1. The number of thiocarbonyl (C=S) groups is 1. The summed E-state index contributed by atoms with van der Waals surface area (Å²) in [6, 6.07) is 23.9. The average molecular weight is 624 g/mol. The van der Waals surface area contributed by atoms with Crippen LogP contribution in [0.15, 0.2) is 72.8 Å². The van der Waals surface area contributed by atoms with Crippen LogP contribution in [0, 0.1) is 18.8 Å². The van der Waals surface area contributed by atoms with E-state index in [1.807, 2.05) is 60.7 Å². The molecule has 1 heterocycles. The second-order valence-electron chi connectivity index (χ2n) is 12.4. The standard InChI is InChI=1S/C34H41N3O4S.ClH/c1-22-7-5-6-8-29(22)36-33(42)37-20-27-28(21-37)31(27)35-17-18-40-25-13-9-23(10-14-25)19-30(32(38)39)41-26-15-11-24(12-16-26)34(2,3)4;/h5-16,27-28,30-31,35H,17-21H2,1-4H3,(H,36,42)(H,38,39);1H/t27-,28?,30-,31?;/m0./s1. The minimum atomic E-state index is -0.987. The number of para-hydroxylation sites is 1. The largest absolute Gasteiger partial charge is 0.492 e. The van der Waals surface area contributed by atoms with Crippen molar-refractivity contribution in [2.24, 2.45) is 11.8 Å². The van der Waals surface area contributed by atoms with Gasteiger partial charge in [-0.05, 0) is 83.4 Å². The number of rotatable bonds is 11. The number of fused-ring (bicyclic) bond motifs is 1. The fourth-order valence-corrected chi connectivity index (χ4v) is 5.87. The summed E-state index contributed by atoms with van der Waals surface area (Å²) in [6.45, 7) is 11.8. The summed E-state index contributed by atoms with van der Waals surface area (Å²) in [5.41, 5.74) is 4.34. The fourth-order valence-electron chi connectivity index (χ4n) is 5.61. The van der Waals surface area contributed by atoms with Crippen molar-refractivity contribution >= 4 is 41.4 Å². The van der Waals surface area contributed by atoms with Crippen molar-refractivity contribution in [1.82, 2.24) is 10.2 Å². The Bertz CT molecular complexity index is 1380. The number of likely N-dealkylation sites (tertiary alicyclic amines) is 1. The highest BCUT2D eigenvalue weighted by atomic mass is 35.5. The van der Waals surface area contributed by atoms with Crippen molar-refractivity contribution in [3.05, 3.63) is 89.5 Å². The molecule has 3 aromatic carbocycles. The Balaban J connectivity index is 0.00000423. The van der Waals surface area contributed by atoms with Crippen molar-refractivity contribution in [2.45, 2.75) is 51.7 Å². The third kappa shape index (κ3) is 8.40. The maximum atomic E-state index is 11.9. The van der Waals surface area contributed by atoms with Crippen LogP contribution in [-0.2, 0) is 16.6 Å². The molecule has 7 nitrogen and oxygen atoms in total. The van der Waals surface area contributed by atoms with Gasteiger partial charge >= 0.3 is 5.97 Å². The van der Waals surface area contributed by atoms with Crippen LogP contribution in [0.5, 0.6) is 11.5 Å². The number of nitrogens with one attached hydrogen (secondary N) is 2. The first kappa shape index (κ1) is 32.6. The van der Waals surface area contributed by atoms with E-state index in [0.717, 1.165) is 41.7 Å². The van der Waals surface area contributed by atoms with Gasteiger partial charge in [0.25, 0.3) is 0 Å². The molecule has 230 valence electrons. The molecule has 3 aromatic rings. The molecule has 0 radical (unpaired) electrons. The van der Waals surface area contributed by atoms with Crippen LogP contribution in [0.4, 0.5) is 5.69 Å². The molecule has 5 rings (SSSR count). The van der Waals surface area contributed by atoms with E-state index in [2.05, 4.69) is 55.4 Å². The van der Waals surface area contributed by atoms with Crippen LogP contribution in [0.2, 0.25) is 0 Å². The Morgan fingerprint density at radius 1 is 1.00 bits per heavy atom. The molecular formula is C34H42ClN3O4S. The lowest BCUT2D eigenvalue weighted by molar-refractivity contribution is -0.145. The Morgan fingerprint density at radius 2 is 1.63 bits per heavy atom. The smallest absolute Gasteiger partial charge is 0.345 e. The van der Waals surface area contributed by atoms with Crippen LogP contribution < -0.4 is 20.1 Å². The number of hydrogen-bond acceptors (Lipinski definition) is 5. The number of carbonyl (C=O) groups is 1. The zero-order chi connectivity index (χ0) is 29.9. The SMILES string of the molecule is Cc1ccccc1NC(=S)N1CC2C(NCCOc3ccc(C[C@H](Oc4ccc(C(C)(C)C)cc4)C(=O)O)cc3)[C@H]2C1.Cl. The predicted octanol–water partition coefficient (Wildman–Crippen LogP) is 6.08. The number of benzene rings is 3. The highest BCUT2D eigenvalue weighted by Gasteiger charge is 2.55. The van der Waals surface area contributed by atoms with Crippen molar-refractivity contribution in [1.29, 1.82) is 0 Å². The van der Waals surface area contributed by atoms with Crippen molar-refractivity contribution in [2.75, 3.05) is 31.6 Å². The maximum Gasteiger partial charge on any atom is 0.345 e. The molecule has 1 saturated carbocycles. The summed E-state index contributed by atoms with van der Waals surface area (Å²) in [4.78, 5) is 14.2. The summed E-state index contributed by atoms with van der Waals surface area (Å²) in [6.07, 6.45) is -0.702. The quantitative estimate of drug-likeness (QED) is 0.175. The Morgan fingerprint density at radius 3 is 2.23 bits per heavy atom. The number of halogens is 1.